The maximum absolute atomic E-state index is 2.46. The van der Waals surface area contributed by atoms with Crippen molar-refractivity contribution in [3.05, 3.63) is 60.7 Å². The third kappa shape index (κ3) is 4.80. The first kappa shape index (κ1) is 16.4. The normalized spacial score (nSPS) is 10.5. The molecule has 0 aliphatic rings. The van der Waals surface area contributed by atoms with Crippen LogP contribution in [0.2, 0.25) is 0 Å². The molecule has 2 rings (SSSR count). The van der Waals surface area contributed by atoms with Crippen LogP contribution in [0.1, 0.15) is 26.7 Å². The Morgan fingerprint density at radius 2 is 0.955 bits per heavy atom. The molecule has 2 heteroatoms. The molecule has 0 amide bonds. The maximum atomic E-state index is 2.46. The minimum atomic E-state index is 1.07. The highest BCUT2D eigenvalue weighted by Crippen LogP contribution is 2.16. The summed E-state index contributed by atoms with van der Waals surface area (Å²) in [6.45, 7) is 8.87. The lowest BCUT2D eigenvalue weighted by Crippen LogP contribution is -2.27. The Morgan fingerprint density at radius 3 is 1.27 bits per heavy atom. The van der Waals surface area contributed by atoms with E-state index in [9.17, 15) is 0 Å². The van der Waals surface area contributed by atoms with E-state index in [1.54, 1.807) is 0 Å². The molecule has 0 aliphatic heterocycles. The van der Waals surface area contributed by atoms with Gasteiger partial charge in [0.1, 0.15) is 0 Å². The second-order valence-corrected chi connectivity index (χ2v) is 5.54. The third-order valence-corrected chi connectivity index (χ3v) is 4.11. The van der Waals surface area contributed by atoms with Gasteiger partial charge in [0.25, 0.3) is 0 Å². The van der Waals surface area contributed by atoms with Gasteiger partial charge in [-0.25, -0.2) is 0 Å². The van der Waals surface area contributed by atoms with Crippen LogP contribution in [0.3, 0.4) is 0 Å². The van der Waals surface area contributed by atoms with E-state index in [4.69, 9.17) is 0 Å². The van der Waals surface area contributed by atoms with Crippen molar-refractivity contribution in [1.82, 2.24) is 0 Å². The molecule has 0 fully saturated rings. The molecule has 0 aromatic heterocycles. The monoisotopic (exact) mass is 296 g/mol. The first-order valence-electron chi connectivity index (χ1n) is 8.45. The Balaban J connectivity index is 1.78. The highest BCUT2D eigenvalue weighted by Gasteiger charge is 2.05. The summed E-state index contributed by atoms with van der Waals surface area (Å²) in [7, 11) is 0. The highest BCUT2D eigenvalue weighted by molar-refractivity contribution is 5.46. The van der Waals surface area contributed by atoms with Crippen molar-refractivity contribution in [2.75, 3.05) is 36.0 Å². The van der Waals surface area contributed by atoms with Gasteiger partial charge in [-0.05, 0) is 51.0 Å². The van der Waals surface area contributed by atoms with E-state index in [1.165, 1.54) is 24.2 Å². The second kappa shape index (κ2) is 9.14. The molecule has 0 atom stereocenters. The Bertz CT molecular complexity index is 460. The average molecular weight is 296 g/mol. The van der Waals surface area contributed by atoms with Crippen molar-refractivity contribution in [1.29, 1.82) is 0 Å². The molecule has 0 spiro atoms. The van der Waals surface area contributed by atoms with E-state index < -0.39 is 0 Å². The standard InChI is InChI=1S/C20H28N2/c1-3-21(19-13-7-5-8-14-19)17-11-12-18-22(4-2)20-15-9-6-10-16-20/h5-10,13-16H,3-4,11-12,17-18H2,1-2H3. The number of para-hydroxylation sites is 2. The van der Waals surface area contributed by atoms with Gasteiger partial charge in [0.05, 0.1) is 0 Å². The molecule has 0 N–H and O–H groups in total. The van der Waals surface area contributed by atoms with Gasteiger partial charge in [0, 0.05) is 37.6 Å². The summed E-state index contributed by atoms with van der Waals surface area (Å²) in [4.78, 5) is 4.91. The fraction of sp³-hybridized carbons (Fsp3) is 0.400. The molecule has 2 aromatic carbocycles. The smallest absolute Gasteiger partial charge is 0.0366 e. The fourth-order valence-corrected chi connectivity index (χ4v) is 2.82. The largest absolute Gasteiger partial charge is 0.372 e. The molecule has 0 radical (unpaired) electrons. The number of hydrogen-bond acceptors (Lipinski definition) is 2. The summed E-state index contributed by atoms with van der Waals surface area (Å²) in [5.74, 6) is 0. The zero-order valence-electron chi connectivity index (χ0n) is 13.9. The van der Waals surface area contributed by atoms with E-state index in [1.807, 2.05) is 0 Å². The van der Waals surface area contributed by atoms with Crippen molar-refractivity contribution in [3.63, 3.8) is 0 Å². The number of benzene rings is 2. The Labute approximate surface area is 135 Å². The molecular weight excluding hydrogens is 268 g/mol. The molecule has 0 bridgehead atoms. The lowest BCUT2D eigenvalue weighted by Gasteiger charge is -2.25. The Hall–Kier alpha value is -1.96. The van der Waals surface area contributed by atoms with Crippen molar-refractivity contribution >= 4 is 11.4 Å². The average Bonchev–Trinajstić information content (AvgIpc) is 2.60. The predicted octanol–water partition coefficient (Wildman–Crippen LogP) is 4.82. The van der Waals surface area contributed by atoms with E-state index in [-0.39, 0.29) is 0 Å². The molecule has 118 valence electrons. The minimum Gasteiger partial charge on any atom is -0.372 e. The van der Waals surface area contributed by atoms with Crippen LogP contribution in [0.4, 0.5) is 11.4 Å². The summed E-state index contributed by atoms with van der Waals surface area (Å²) in [6.07, 6.45) is 2.46. The van der Waals surface area contributed by atoms with Crippen LogP contribution in [0.15, 0.2) is 60.7 Å². The molecule has 0 unspecified atom stereocenters. The number of nitrogens with zero attached hydrogens (tertiary/aromatic N) is 2. The van der Waals surface area contributed by atoms with Gasteiger partial charge >= 0.3 is 0 Å². The van der Waals surface area contributed by atoms with Gasteiger partial charge in [0.2, 0.25) is 0 Å². The first-order chi connectivity index (χ1) is 10.8. The Kier molecular flexibility index (Phi) is 6.82. The third-order valence-electron chi connectivity index (χ3n) is 4.11. The minimum absolute atomic E-state index is 1.07. The van der Waals surface area contributed by atoms with E-state index in [0.717, 1.165) is 26.2 Å². The van der Waals surface area contributed by atoms with Crippen LogP contribution in [-0.2, 0) is 0 Å². The maximum Gasteiger partial charge on any atom is 0.0366 e. The van der Waals surface area contributed by atoms with Gasteiger partial charge in [-0.1, -0.05) is 36.4 Å². The molecule has 2 nitrogen and oxygen atoms in total. The lowest BCUT2D eigenvalue weighted by atomic mass is 10.2. The molecule has 0 aliphatic carbocycles. The number of hydrogen-bond donors (Lipinski definition) is 0. The summed E-state index contributed by atoms with van der Waals surface area (Å²) in [5.41, 5.74) is 2.67. The van der Waals surface area contributed by atoms with E-state index in [2.05, 4.69) is 84.3 Å². The molecule has 22 heavy (non-hydrogen) atoms. The topological polar surface area (TPSA) is 6.48 Å². The summed E-state index contributed by atoms with van der Waals surface area (Å²) >= 11 is 0. The van der Waals surface area contributed by atoms with Crippen molar-refractivity contribution in [2.24, 2.45) is 0 Å². The zero-order valence-corrected chi connectivity index (χ0v) is 13.9. The summed E-state index contributed by atoms with van der Waals surface area (Å²) in [5, 5.41) is 0. The summed E-state index contributed by atoms with van der Waals surface area (Å²) < 4.78 is 0. The van der Waals surface area contributed by atoms with Gasteiger partial charge in [0.15, 0.2) is 0 Å². The highest BCUT2D eigenvalue weighted by atomic mass is 15.1. The number of rotatable bonds is 9. The molecule has 0 saturated heterocycles. The number of unbranched alkanes of at least 4 members (excludes halogenated alkanes) is 1. The van der Waals surface area contributed by atoms with Gasteiger partial charge in [-0.2, -0.15) is 0 Å². The number of anilines is 2. The molecular formula is C20H28N2. The SMILES string of the molecule is CCN(CCCCN(CC)c1ccccc1)c1ccccc1. The second-order valence-electron chi connectivity index (χ2n) is 5.54. The van der Waals surface area contributed by atoms with Crippen LogP contribution in [0, 0.1) is 0 Å². The molecule has 0 heterocycles. The van der Waals surface area contributed by atoms with E-state index in [0.29, 0.717) is 0 Å². The van der Waals surface area contributed by atoms with Gasteiger partial charge < -0.3 is 9.80 Å². The van der Waals surface area contributed by atoms with Gasteiger partial charge in [-0.3, -0.25) is 0 Å². The Morgan fingerprint density at radius 1 is 0.591 bits per heavy atom. The quantitative estimate of drug-likeness (QED) is 0.612. The van der Waals surface area contributed by atoms with Crippen molar-refractivity contribution in [3.8, 4) is 0 Å². The predicted molar refractivity (Wildman–Crippen MR) is 97.9 cm³/mol. The lowest BCUT2D eigenvalue weighted by molar-refractivity contribution is 0.674. The van der Waals surface area contributed by atoms with Crippen LogP contribution in [0.25, 0.3) is 0 Å². The van der Waals surface area contributed by atoms with Crippen LogP contribution >= 0.6 is 0 Å². The fourth-order valence-electron chi connectivity index (χ4n) is 2.82. The summed E-state index contributed by atoms with van der Waals surface area (Å²) in [6, 6.07) is 21.4. The van der Waals surface area contributed by atoms with Crippen LogP contribution in [-0.4, -0.2) is 26.2 Å². The van der Waals surface area contributed by atoms with Crippen LogP contribution < -0.4 is 9.80 Å². The molecule has 2 aromatic rings. The van der Waals surface area contributed by atoms with Crippen molar-refractivity contribution in [2.45, 2.75) is 26.7 Å². The van der Waals surface area contributed by atoms with Crippen molar-refractivity contribution < 1.29 is 0 Å². The van der Waals surface area contributed by atoms with E-state index >= 15 is 0 Å². The van der Waals surface area contributed by atoms with Crippen LogP contribution in [0.5, 0.6) is 0 Å². The first-order valence-corrected chi connectivity index (χ1v) is 8.45. The molecule has 0 saturated carbocycles. The van der Waals surface area contributed by atoms with Gasteiger partial charge in [-0.15, -0.1) is 0 Å². The zero-order chi connectivity index (χ0) is 15.6.